The average Bonchev–Trinajstić information content (AvgIpc) is 3.18. The van der Waals surface area contributed by atoms with Crippen LogP contribution in [0.15, 0.2) is 65.1 Å². The summed E-state index contributed by atoms with van der Waals surface area (Å²) >= 11 is 0. The molecule has 1 aliphatic heterocycles. The first-order valence-corrected chi connectivity index (χ1v) is 10.0. The summed E-state index contributed by atoms with van der Waals surface area (Å²) in [5, 5.41) is 6.26. The summed E-state index contributed by atoms with van der Waals surface area (Å²) in [4.78, 5) is 13.1. The second kappa shape index (κ2) is 6.80. The highest BCUT2D eigenvalue weighted by Crippen LogP contribution is 2.41. The topological polar surface area (TPSA) is 60.7 Å². The molecule has 5 nitrogen and oxygen atoms in total. The Morgan fingerprint density at radius 2 is 1.90 bits per heavy atom. The van der Waals surface area contributed by atoms with E-state index in [4.69, 9.17) is 13.9 Å². The van der Waals surface area contributed by atoms with Crippen LogP contribution in [0, 0.1) is 0 Å². The highest BCUT2D eigenvalue weighted by Gasteiger charge is 2.35. The van der Waals surface area contributed by atoms with E-state index < -0.39 is 5.60 Å². The van der Waals surface area contributed by atoms with Crippen molar-refractivity contribution in [3.05, 3.63) is 72.0 Å². The maximum Gasteiger partial charge on any atom is 0.287 e. The van der Waals surface area contributed by atoms with Gasteiger partial charge in [0.15, 0.2) is 5.76 Å². The molecule has 3 aromatic carbocycles. The maximum atomic E-state index is 13.1. The van der Waals surface area contributed by atoms with Crippen molar-refractivity contribution in [3.63, 3.8) is 0 Å². The van der Waals surface area contributed by atoms with Gasteiger partial charge >= 0.3 is 0 Å². The van der Waals surface area contributed by atoms with Crippen LogP contribution in [0.3, 0.4) is 0 Å². The summed E-state index contributed by atoms with van der Waals surface area (Å²) in [6.07, 6.45) is 0.641. The molecule has 0 spiro atoms. The number of ether oxygens (including phenoxy) is 2. The number of rotatable bonds is 3. The molecular formula is C25H23NO4. The van der Waals surface area contributed by atoms with E-state index in [0.717, 1.165) is 33.2 Å². The first kappa shape index (κ1) is 18.6. The second-order valence-corrected chi connectivity index (χ2v) is 8.30. The Hall–Kier alpha value is -3.47. The largest absolute Gasteiger partial charge is 0.497 e. The normalized spacial score (nSPS) is 17.4. The predicted octanol–water partition coefficient (Wildman–Crippen LogP) is 5.63. The minimum absolute atomic E-state index is 0.212. The molecule has 0 radical (unpaired) electrons. The molecular weight excluding hydrogens is 378 g/mol. The number of hydrogen-bond donors (Lipinski definition) is 1. The van der Waals surface area contributed by atoms with Crippen molar-refractivity contribution in [1.29, 1.82) is 0 Å². The van der Waals surface area contributed by atoms with Crippen molar-refractivity contribution in [1.82, 2.24) is 5.32 Å². The van der Waals surface area contributed by atoms with Gasteiger partial charge in [-0.3, -0.25) is 4.79 Å². The van der Waals surface area contributed by atoms with Gasteiger partial charge in [0.25, 0.3) is 5.91 Å². The molecule has 2 heterocycles. The van der Waals surface area contributed by atoms with E-state index >= 15 is 0 Å². The van der Waals surface area contributed by atoms with E-state index in [1.54, 1.807) is 7.11 Å². The standard InChI is InChI=1S/C25H23NO4/c1-25(2)14-20(19-12-16(28-3)9-11-22(19)30-25)26-24(27)23-13-18-17-7-5-4-6-15(17)8-10-21(18)29-23/h4-13,20H,14H2,1-3H3,(H,26,27)/t20-/m0/s1. The molecule has 0 saturated heterocycles. The van der Waals surface area contributed by atoms with E-state index in [1.165, 1.54) is 0 Å². The molecule has 0 bridgehead atoms. The zero-order valence-electron chi connectivity index (χ0n) is 17.2. The van der Waals surface area contributed by atoms with E-state index in [1.807, 2.05) is 68.4 Å². The number of hydrogen-bond acceptors (Lipinski definition) is 4. The van der Waals surface area contributed by atoms with Crippen molar-refractivity contribution in [2.75, 3.05) is 7.11 Å². The molecule has 1 aromatic heterocycles. The lowest BCUT2D eigenvalue weighted by molar-refractivity contribution is 0.0610. The SMILES string of the molecule is COc1ccc2c(c1)[C@@H](NC(=O)c1cc3c(ccc4ccccc43)o1)CC(C)(C)O2. The van der Waals surface area contributed by atoms with Crippen molar-refractivity contribution in [3.8, 4) is 11.5 Å². The lowest BCUT2D eigenvalue weighted by Crippen LogP contribution is -2.41. The summed E-state index contributed by atoms with van der Waals surface area (Å²) in [6.45, 7) is 4.04. The molecule has 1 atom stereocenters. The smallest absolute Gasteiger partial charge is 0.287 e. The highest BCUT2D eigenvalue weighted by atomic mass is 16.5. The minimum atomic E-state index is -0.399. The Morgan fingerprint density at radius 3 is 2.73 bits per heavy atom. The number of carbonyl (C=O) groups is 1. The fraction of sp³-hybridized carbons (Fsp3) is 0.240. The van der Waals surface area contributed by atoms with Gasteiger partial charge in [0.2, 0.25) is 0 Å². The van der Waals surface area contributed by atoms with Crippen LogP contribution in [0.5, 0.6) is 11.5 Å². The second-order valence-electron chi connectivity index (χ2n) is 8.30. The summed E-state index contributed by atoms with van der Waals surface area (Å²) < 4.78 is 17.4. The number of benzene rings is 3. The molecule has 5 heteroatoms. The van der Waals surface area contributed by atoms with Crippen LogP contribution < -0.4 is 14.8 Å². The Labute approximate surface area is 174 Å². The van der Waals surface area contributed by atoms with Gasteiger partial charge in [0.1, 0.15) is 22.7 Å². The van der Waals surface area contributed by atoms with Gasteiger partial charge in [-0.1, -0.05) is 30.3 Å². The van der Waals surface area contributed by atoms with Crippen LogP contribution in [-0.2, 0) is 0 Å². The third kappa shape index (κ3) is 3.16. The van der Waals surface area contributed by atoms with Gasteiger partial charge in [-0.05, 0) is 55.0 Å². The predicted molar refractivity (Wildman–Crippen MR) is 116 cm³/mol. The molecule has 0 aliphatic carbocycles. The summed E-state index contributed by atoms with van der Waals surface area (Å²) in [7, 11) is 1.63. The third-order valence-electron chi connectivity index (χ3n) is 5.63. The van der Waals surface area contributed by atoms with Gasteiger partial charge in [-0.2, -0.15) is 0 Å². The van der Waals surface area contributed by atoms with Gasteiger partial charge in [0.05, 0.1) is 13.2 Å². The van der Waals surface area contributed by atoms with E-state index in [2.05, 4.69) is 11.4 Å². The quantitative estimate of drug-likeness (QED) is 0.483. The average molecular weight is 401 g/mol. The Kier molecular flexibility index (Phi) is 4.21. The van der Waals surface area contributed by atoms with E-state index in [9.17, 15) is 4.79 Å². The van der Waals surface area contributed by atoms with Gasteiger partial charge in [0, 0.05) is 17.4 Å². The van der Waals surface area contributed by atoms with Gasteiger partial charge < -0.3 is 19.2 Å². The number of furan rings is 1. The van der Waals surface area contributed by atoms with Crippen molar-refractivity contribution < 1.29 is 18.7 Å². The molecule has 30 heavy (non-hydrogen) atoms. The number of carbonyl (C=O) groups excluding carboxylic acids is 1. The van der Waals surface area contributed by atoms with E-state index in [-0.39, 0.29) is 11.9 Å². The molecule has 0 fully saturated rings. The molecule has 1 amide bonds. The first-order chi connectivity index (χ1) is 14.4. The van der Waals surface area contributed by atoms with Crippen LogP contribution in [0.4, 0.5) is 0 Å². The molecule has 5 rings (SSSR count). The van der Waals surface area contributed by atoms with Crippen molar-refractivity contribution >= 4 is 27.6 Å². The molecule has 1 aliphatic rings. The van der Waals surface area contributed by atoms with Crippen LogP contribution >= 0.6 is 0 Å². The lowest BCUT2D eigenvalue weighted by atomic mass is 9.89. The summed E-state index contributed by atoms with van der Waals surface area (Å²) in [5.41, 5.74) is 1.21. The molecule has 0 saturated carbocycles. The first-order valence-electron chi connectivity index (χ1n) is 10.0. The zero-order valence-corrected chi connectivity index (χ0v) is 17.2. The fourth-order valence-corrected chi connectivity index (χ4v) is 4.22. The Morgan fingerprint density at radius 1 is 1.07 bits per heavy atom. The summed E-state index contributed by atoms with van der Waals surface area (Å²) in [5.74, 6) is 1.54. The van der Waals surface area contributed by atoms with Crippen LogP contribution in [-0.4, -0.2) is 18.6 Å². The fourth-order valence-electron chi connectivity index (χ4n) is 4.22. The molecule has 4 aromatic rings. The van der Waals surface area contributed by atoms with Gasteiger partial charge in [-0.15, -0.1) is 0 Å². The summed E-state index contributed by atoms with van der Waals surface area (Å²) in [6, 6.07) is 19.3. The van der Waals surface area contributed by atoms with Gasteiger partial charge in [-0.25, -0.2) is 0 Å². The number of methoxy groups -OCH3 is 1. The van der Waals surface area contributed by atoms with Crippen LogP contribution in [0.2, 0.25) is 0 Å². The van der Waals surface area contributed by atoms with Crippen molar-refractivity contribution in [2.45, 2.75) is 31.9 Å². The third-order valence-corrected chi connectivity index (χ3v) is 5.63. The van der Waals surface area contributed by atoms with Crippen LogP contribution in [0.1, 0.15) is 42.4 Å². The molecule has 152 valence electrons. The molecule has 0 unspecified atom stereocenters. The maximum absolute atomic E-state index is 13.1. The monoisotopic (exact) mass is 401 g/mol. The Bertz CT molecular complexity index is 1270. The minimum Gasteiger partial charge on any atom is -0.497 e. The highest BCUT2D eigenvalue weighted by molar-refractivity contribution is 6.08. The van der Waals surface area contributed by atoms with Crippen molar-refractivity contribution in [2.24, 2.45) is 0 Å². The zero-order chi connectivity index (χ0) is 20.9. The number of fused-ring (bicyclic) bond motifs is 4. The Balaban J connectivity index is 1.50. The number of nitrogens with one attached hydrogen (secondary N) is 1. The number of amides is 1. The van der Waals surface area contributed by atoms with E-state index in [0.29, 0.717) is 17.8 Å². The molecule has 1 N–H and O–H groups in total. The van der Waals surface area contributed by atoms with Crippen LogP contribution in [0.25, 0.3) is 21.7 Å². The lowest BCUT2D eigenvalue weighted by Gasteiger charge is -2.37.